The van der Waals surface area contributed by atoms with Gasteiger partial charge in [-0.15, -0.1) is 0 Å². The van der Waals surface area contributed by atoms with Crippen LogP contribution in [0.4, 0.5) is 0 Å². The van der Waals surface area contributed by atoms with E-state index in [1.165, 1.54) is 19.3 Å². The van der Waals surface area contributed by atoms with Gasteiger partial charge in [-0.1, -0.05) is 19.8 Å². The first-order valence-corrected chi connectivity index (χ1v) is 5.99. The average molecular weight is 197 g/mol. The Kier molecular flexibility index (Phi) is 4.43. The molecule has 1 fully saturated rings. The number of hydrogen-bond donors (Lipinski definition) is 0. The summed E-state index contributed by atoms with van der Waals surface area (Å²) in [7, 11) is 0. The molecular formula is C12H23NO. The van der Waals surface area contributed by atoms with Gasteiger partial charge >= 0.3 is 0 Å². The van der Waals surface area contributed by atoms with Gasteiger partial charge in [0, 0.05) is 19.0 Å². The largest absolute Gasteiger partial charge is 0.343 e. The second-order valence-electron chi connectivity index (χ2n) is 4.38. The SMILES string of the molecule is CCN(CC)C(=O)C1CCCCC1C. The quantitative estimate of drug-likeness (QED) is 0.681. The molecule has 1 saturated carbocycles. The number of carbonyl (C=O) groups is 1. The van der Waals surface area contributed by atoms with Crippen LogP contribution in [0.1, 0.15) is 46.5 Å². The van der Waals surface area contributed by atoms with Crippen LogP contribution in [-0.2, 0) is 4.79 Å². The van der Waals surface area contributed by atoms with Crippen LogP contribution in [0.15, 0.2) is 0 Å². The summed E-state index contributed by atoms with van der Waals surface area (Å²) in [4.78, 5) is 14.1. The fourth-order valence-corrected chi connectivity index (χ4v) is 2.45. The molecular weight excluding hydrogens is 174 g/mol. The minimum atomic E-state index is 0.309. The Balaban J connectivity index is 2.57. The van der Waals surface area contributed by atoms with Gasteiger partial charge in [0.1, 0.15) is 0 Å². The summed E-state index contributed by atoms with van der Waals surface area (Å²) >= 11 is 0. The summed E-state index contributed by atoms with van der Waals surface area (Å²) in [6.45, 7) is 8.08. The van der Waals surface area contributed by atoms with Gasteiger partial charge in [0.05, 0.1) is 0 Å². The number of nitrogens with zero attached hydrogens (tertiary/aromatic N) is 1. The van der Waals surface area contributed by atoms with Crippen molar-refractivity contribution in [2.24, 2.45) is 11.8 Å². The second-order valence-corrected chi connectivity index (χ2v) is 4.38. The molecule has 0 radical (unpaired) electrons. The Morgan fingerprint density at radius 3 is 2.29 bits per heavy atom. The molecule has 0 spiro atoms. The van der Waals surface area contributed by atoms with Gasteiger partial charge in [-0.3, -0.25) is 4.79 Å². The Bertz CT molecular complexity index is 187. The zero-order valence-electron chi connectivity index (χ0n) is 9.75. The molecule has 1 aliphatic rings. The van der Waals surface area contributed by atoms with E-state index in [9.17, 15) is 4.79 Å². The highest BCUT2D eigenvalue weighted by atomic mass is 16.2. The molecule has 2 unspecified atom stereocenters. The third-order valence-corrected chi connectivity index (χ3v) is 3.50. The number of hydrogen-bond acceptors (Lipinski definition) is 1. The first-order chi connectivity index (χ1) is 6.70. The van der Waals surface area contributed by atoms with E-state index < -0.39 is 0 Å². The fourth-order valence-electron chi connectivity index (χ4n) is 2.45. The van der Waals surface area contributed by atoms with E-state index in [0.29, 0.717) is 17.7 Å². The first kappa shape index (κ1) is 11.5. The van der Waals surface area contributed by atoms with Crippen molar-refractivity contribution in [1.29, 1.82) is 0 Å². The maximum Gasteiger partial charge on any atom is 0.225 e. The van der Waals surface area contributed by atoms with Gasteiger partial charge in [0.2, 0.25) is 5.91 Å². The van der Waals surface area contributed by atoms with Crippen molar-refractivity contribution >= 4 is 5.91 Å². The van der Waals surface area contributed by atoms with Crippen LogP contribution in [0.2, 0.25) is 0 Å². The van der Waals surface area contributed by atoms with Crippen molar-refractivity contribution in [3.05, 3.63) is 0 Å². The molecule has 82 valence electrons. The molecule has 1 amide bonds. The Hall–Kier alpha value is -0.530. The highest BCUT2D eigenvalue weighted by Gasteiger charge is 2.29. The molecule has 0 N–H and O–H groups in total. The number of amides is 1. The van der Waals surface area contributed by atoms with Crippen LogP contribution in [0.25, 0.3) is 0 Å². The minimum absolute atomic E-state index is 0.309. The van der Waals surface area contributed by atoms with Crippen LogP contribution in [0.3, 0.4) is 0 Å². The van der Waals surface area contributed by atoms with E-state index in [4.69, 9.17) is 0 Å². The van der Waals surface area contributed by atoms with Crippen molar-refractivity contribution in [2.45, 2.75) is 46.5 Å². The predicted octanol–water partition coefficient (Wildman–Crippen LogP) is 2.68. The standard InChI is InChI=1S/C12H23NO/c1-4-13(5-2)12(14)11-9-7-6-8-10(11)3/h10-11H,4-9H2,1-3H3. The molecule has 2 nitrogen and oxygen atoms in total. The number of carbonyl (C=O) groups excluding carboxylic acids is 1. The molecule has 0 aromatic carbocycles. The average Bonchev–Trinajstić information content (AvgIpc) is 2.20. The van der Waals surface area contributed by atoms with Gasteiger partial charge in [-0.25, -0.2) is 0 Å². The summed E-state index contributed by atoms with van der Waals surface area (Å²) in [6.07, 6.45) is 4.89. The highest BCUT2D eigenvalue weighted by molar-refractivity contribution is 5.79. The van der Waals surface area contributed by atoms with Crippen molar-refractivity contribution in [3.63, 3.8) is 0 Å². The third-order valence-electron chi connectivity index (χ3n) is 3.50. The molecule has 2 atom stereocenters. The molecule has 0 aromatic heterocycles. The van der Waals surface area contributed by atoms with Crippen molar-refractivity contribution in [3.8, 4) is 0 Å². The molecule has 14 heavy (non-hydrogen) atoms. The lowest BCUT2D eigenvalue weighted by Gasteiger charge is -2.32. The Morgan fingerprint density at radius 1 is 1.21 bits per heavy atom. The predicted molar refractivity (Wildman–Crippen MR) is 59.1 cm³/mol. The molecule has 0 bridgehead atoms. The van der Waals surface area contributed by atoms with Crippen molar-refractivity contribution < 1.29 is 4.79 Å². The lowest BCUT2D eigenvalue weighted by atomic mass is 9.79. The molecule has 0 aliphatic heterocycles. The zero-order chi connectivity index (χ0) is 10.6. The zero-order valence-corrected chi connectivity index (χ0v) is 9.75. The van der Waals surface area contributed by atoms with Gasteiger partial charge in [-0.2, -0.15) is 0 Å². The van der Waals surface area contributed by atoms with E-state index >= 15 is 0 Å². The van der Waals surface area contributed by atoms with Crippen LogP contribution in [0.5, 0.6) is 0 Å². The molecule has 0 saturated heterocycles. The monoisotopic (exact) mass is 197 g/mol. The third kappa shape index (κ3) is 2.49. The number of rotatable bonds is 3. The lowest BCUT2D eigenvalue weighted by Crippen LogP contribution is -2.39. The first-order valence-electron chi connectivity index (χ1n) is 5.99. The van der Waals surface area contributed by atoms with E-state index in [-0.39, 0.29) is 0 Å². The highest BCUT2D eigenvalue weighted by Crippen LogP contribution is 2.30. The summed E-state index contributed by atoms with van der Waals surface area (Å²) < 4.78 is 0. The summed E-state index contributed by atoms with van der Waals surface area (Å²) in [5.74, 6) is 1.29. The molecule has 2 heteroatoms. The molecule has 1 aliphatic carbocycles. The van der Waals surface area contributed by atoms with Crippen LogP contribution in [0, 0.1) is 11.8 Å². The summed E-state index contributed by atoms with van der Waals surface area (Å²) in [5.41, 5.74) is 0. The normalized spacial score (nSPS) is 27.4. The molecule has 1 rings (SSSR count). The fraction of sp³-hybridized carbons (Fsp3) is 0.917. The summed E-state index contributed by atoms with van der Waals surface area (Å²) in [6, 6.07) is 0. The van der Waals surface area contributed by atoms with Gasteiger partial charge in [0.25, 0.3) is 0 Å². The van der Waals surface area contributed by atoms with Gasteiger partial charge in [-0.05, 0) is 32.6 Å². The maximum atomic E-state index is 12.1. The van der Waals surface area contributed by atoms with E-state index in [2.05, 4.69) is 20.8 Å². The smallest absolute Gasteiger partial charge is 0.225 e. The topological polar surface area (TPSA) is 20.3 Å². The maximum absolute atomic E-state index is 12.1. The van der Waals surface area contributed by atoms with E-state index in [1.807, 2.05) is 4.90 Å². The van der Waals surface area contributed by atoms with E-state index in [1.54, 1.807) is 0 Å². The Labute approximate surface area is 87.7 Å². The van der Waals surface area contributed by atoms with E-state index in [0.717, 1.165) is 19.5 Å². The van der Waals surface area contributed by atoms with Gasteiger partial charge in [0.15, 0.2) is 0 Å². The van der Waals surface area contributed by atoms with Crippen molar-refractivity contribution in [1.82, 2.24) is 4.90 Å². The van der Waals surface area contributed by atoms with Crippen LogP contribution in [-0.4, -0.2) is 23.9 Å². The van der Waals surface area contributed by atoms with Crippen LogP contribution >= 0.6 is 0 Å². The van der Waals surface area contributed by atoms with Crippen molar-refractivity contribution in [2.75, 3.05) is 13.1 Å². The molecule has 0 aromatic rings. The Morgan fingerprint density at radius 2 is 1.79 bits per heavy atom. The second kappa shape index (κ2) is 5.38. The van der Waals surface area contributed by atoms with Crippen LogP contribution < -0.4 is 0 Å². The molecule has 0 heterocycles. The lowest BCUT2D eigenvalue weighted by molar-refractivity contribution is -0.137. The van der Waals surface area contributed by atoms with Gasteiger partial charge < -0.3 is 4.90 Å². The minimum Gasteiger partial charge on any atom is -0.343 e. The summed E-state index contributed by atoms with van der Waals surface area (Å²) in [5, 5.41) is 0.